The first-order chi connectivity index (χ1) is 8.62. The van der Waals surface area contributed by atoms with Gasteiger partial charge >= 0.3 is 13.2 Å². The second kappa shape index (κ2) is 7.89. The van der Waals surface area contributed by atoms with Gasteiger partial charge in [-0.15, -0.1) is 0 Å². The van der Waals surface area contributed by atoms with E-state index in [4.69, 9.17) is 9.05 Å². The van der Waals surface area contributed by atoms with Crippen molar-refractivity contribution in [2.45, 2.75) is 26.7 Å². The Morgan fingerprint density at radius 2 is 1.78 bits per heavy atom. The summed E-state index contributed by atoms with van der Waals surface area (Å²) in [6.07, 6.45) is 2.43. The first-order valence-corrected chi connectivity index (χ1v) is 8.06. The van der Waals surface area contributed by atoms with Gasteiger partial charge in [-0.05, 0) is 39.8 Å². The Balaban J connectivity index is 2.34. The molecular weight excluding hydrogens is 255 g/mol. The summed E-state index contributed by atoms with van der Waals surface area (Å²) in [4.78, 5) is 14.0. The van der Waals surface area contributed by atoms with Gasteiger partial charge in [-0.2, -0.15) is 0 Å². The van der Waals surface area contributed by atoms with Gasteiger partial charge in [0.1, 0.15) is 0 Å². The Labute approximate surface area is 109 Å². The molecule has 1 amide bonds. The van der Waals surface area contributed by atoms with Crippen LogP contribution in [0, 0.1) is 0 Å². The van der Waals surface area contributed by atoms with Crippen LogP contribution in [0.3, 0.4) is 0 Å². The average molecular weight is 278 g/mol. The molecule has 18 heavy (non-hydrogen) atoms. The molecule has 0 atom stereocenters. The van der Waals surface area contributed by atoms with Gasteiger partial charge in [-0.1, -0.05) is 0 Å². The summed E-state index contributed by atoms with van der Waals surface area (Å²) in [5.74, 6) is 0. The van der Waals surface area contributed by atoms with Gasteiger partial charge in [0.25, 0.3) is 0 Å². The van der Waals surface area contributed by atoms with Crippen molar-refractivity contribution in [1.29, 1.82) is 0 Å². The van der Waals surface area contributed by atoms with Gasteiger partial charge in [0, 0.05) is 13.1 Å². The summed E-state index contributed by atoms with van der Waals surface area (Å²) in [7, 11) is -3.64. The zero-order valence-electron chi connectivity index (χ0n) is 11.2. The highest BCUT2D eigenvalue weighted by Crippen LogP contribution is 2.48. The molecule has 0 unspecified atom stereocenters. The van der Waals surface area contributed by atoms with Crippen LogP contribution < -0.4 is 5.32 Å². The number of likely N-dealkylation sites (tertiary alicyclic amines) is 1. The Morgan fingerprint density at radius 3 is 2.28 bits per heavy atom. The Morgan fingerprint density at radius 1 is 1.22 bits per heavy atom. The average Bonchev–Trinajstić information content (AvgIpc) is 2.82. The van der Waals surface area contributed by atoms with Crippen LogP contribution in [0.15, 0.2) is 0 Å². The molecule has 7 heteroatoms. The molecule has 0 spiro atoms. The minimum Gasteiger partial charge on any atom is -0.344 e. The Hall–Kier alpha value is -0.420. The van der Waals surface area contributed by atoms with Crippen molar-refractivity contribution in [3.8, 4) is 0 Å². The van der Waals surface area contributed by atoms with E-state index in [9.17, 15) is 9.36 Å². The number of carbonyl (C=O) groups is 1. The quantitative estimate of drug-likeness (QED) is 0.688. The van der Waals surface area contributed by atoms with Crippen LogP contribution in [0.2, 0.25) is 0 Å². The van der Waals surface area contributed by atoms with E-state index in [1.54, 1.807) is 13.8 Å². The van der Waals surface area contributed by atoms with Crippen LogP contribution in [0.5, 0.6) is 0 Å². The molecular formula is C11H23N2O4P. The van der Waals surface area contributed by atoms with Crippen molar-refractivity contribution in [2.24, 2.45) is 0 Å². The van der Waals surface area contributed by atoms with Crippen molar-refractivity contribution < 1.29 is 18.4 Å². The van der Waals surface area contributed by atoms with E-state index in [-0.39, 0.29) is 13.2 Å². The molecule has 106 valence electrons. The normalized spacial score (nSPS) is 17.0. The van der Waals surface area contributed by atoms with E-state index < -0.39 is 13.2 Å². The highest BCUT2D eigenvalue weighted by Gasteiger charge is 2.33. The van der Waals surface area contributed by atoms with Crippen molar-refractivity contribution in [2.75, 3.05) is 39.4 Å². The molecule has 1 saturated heterocycles. The maximum absolute atomic E-state index is 12.1. The summed E-state index contributed by atoms with van der Waals surface area (Å²) in [6.45, 7) is 7.15. The number of nitrogens with one attached hydrogen (secondary N) is 1. The van der Waals surface area contributed by atoms with Crippen LogP contribution in [0.25, 0.3) is 0 Å². The molecule has 1 N–H and O–H groups in total. The van der Waals surface area contributed by atoms with Crippen LogP contribution in [0.4, 0.5) is 4.79 Å². The third kappa shape index (κ3) is 4.69. The van der Waals surface area contributed by atoms with Gasteiger partial charge in [0.15, 0.2) is 0 Å². The molecule has 1 aliphatic rings. The number of amides is 1. The molecule has 1 rings (SSSR count). The molecule has 1 fully saturated rings. The highest BCUT2D eigenvalue weighted by molar-refractivity contribution is 7.71. The van der Waals surface area contributed by atoms with Crippen LogP contribution in [0.1, 0.15) is 26.7 Å². The summed E-state index contributed by atoms with van der Waals surface area (Å²) >= 11 is 0. The third-order valence-electron chi connectivity index (χ3n) is 2.75. The molecule has 6 nitrogen and oxygen atoms in total. The fourth-order valence-electron chi connectivity index (χ4n) is 1.92. The largest absolute Gasteiger partial charge is 0.418 e. The Kier molecular flexibility index (Phi) is 6.86. The molecule has 0 aromatic heterocycles. The molecule has 0 radical (unpaired) electrons. The van der Waals surface area contributed by atoms with Crippen molar-refractivity contribution in [3.05, 3.63) is 0 Å². The Bertz CT molecular complexity index is 295. The van der Waals surface area contributed by atoms with Gasteiger partial charge in [0.2, 0.25) is 0 Å². The maximum Gasteiger partial charge on any atom is 0.418 e. The number of rotatable bonds is 8. The minimum atomic E-state index is -3.64. The predicted molar refractivity (Wildman–Crippen MR) is 69.9 cm³/mol. The molecule has 0 saturated carbocycles. The van der Waals surface area contributed by atoms with Crippen molar-refractivity contribution >= 4 is 13.2 Å². The van der Waals surface area contributed by atoms with Crippen molar-refractivity contribution in [3.63, 3.8) is 0 Å². The number of hydrogen-bond donors (Lipinski definition) is 1. The molecule has 0 bridgehead atoms. The topological polar surface area (TPSA) is 67.9 Å². The van der Waals surface area contributed by atoms with Gasteiger partial charge in [0.05, 0.1) is 13.2 Å². The van der Waals surface area contributed by atoms with Crippen LogP contribution in [-0.2, 0) is 13.6 Å². The number of nitrogens with zero attached hydrogens (tertiary/aromatic N) is 1. The van der Waals surface area contributed by atoms with Gasteiger partial charge in [-0.25, -0.2) is 4.57 Å². The highest BCUT2D eigenvalue weighted by atomic mass is 31.2. The van der Waals surface area contributed by atoms with Crippen LogP contribution >= 0.6 is 7.60 Å². The molecule has 1 aliphatic heterocycles. The van der Waals surface area contributed by atoms with E-state index in [0.717, 1.165) is 19.6 Å². The second-order valence-corrected chi connectivity index (χ2v) is 6.03. The molecule has 0 aliphatic carbocycles. The summed E-state index contributed by atoms with van der Waals surface area (Å²) < 4.78 is 22.0. The van der Waals surface area contributed by atoms with Crippen molar-refractivity contribution in [1.82, 2.24) is 10.2 Å². The summed E-state index contributed by atoms with van der Waals surface area (Å²) in [5.41, 5.74) is -0.634. The zero-order chi connectivity index (χ0) is 13.4. The van der Waals surface area contributed by atoms with E-state index in [2.05, 4.69) is 10.2 Å². The first kappa shape index (κ1) is 15.6. The SMILES string of the molecule is CCOP(=O)(OCC)C(=O)NCCN1CCCC1. The minimum absolute atomic E-state index is 0.191. The monoisotopic (exact) mass is 278 g/mol. The fraction of sp³-hybridized carbons (Fsp3) is 0.909. The van der Waals surface area contributed by atoms with E-state index in [0.29, 0.717) is 6.54 Å². The van der Waals surface area contributed by atoms with E-state index >= 15 is 0 Å². The standard InChI is InChI=1S/C11H23N2O4P/c1-3-16-18(15,17-4-2)11(14)12-7-10-13-8-5-6-9-13/h3-10H2,1-2H3,(H,12,14). The number of hydrogen-bond acceptors (Lipinski definition) is 5. The van der Waals surface area contributed by atoms with Gasteiger partial charge in [-0.3, -0.25) is 4.79 Å². The molecule has 0 aromatic carbocycles. The van der Waals surface area contributed by atoms with E-state index in [1.165, 1.54) is 12.8 Å². The summed E-state index contributed by atoms with van der Waals surface area (Å²) in [5, 5.41) is 2.63. The van der Waals surface area contributed by atoms with Gasteiger partial charge < -0.3 is 19.3 Å². The maximum atomic E-state index is 12.1. The van der Waals surface area contributed by atoms with Crippen LogP contribution in [-0.4, -0.2) is 49.9 Å². The smallest absolute Gasteiger partial charge is 0.344 e. The first-order valence-electron chi connectivity index (χ1n) is 6.52. The zero-order valence-corrected chi connectivity index (χ0v) is 12.1. The fourth-order valence-corrected chi connectivity index (χ4v) is 3.21. The second-order valence-electron chi connectivity index (χ2n) is 4.11. The molecule has 0 aromatic rings. The third-order valence-corrected chi connectivity index (χ3v) is 4.60. The lowest BCUT2D eigenvalue weighted by Gasteiger charge is -2.18. The lowest BCUT2D eigenvalue weighted by Crippen LogP contribution is -2.33. The van der Waals surface area contributed by atoms with E-state index in [1.807, 2.05) is 0 Å². The predicted octanol–water partition coefficient (Wildman–Crippen LogP) is 2.06. The molecule has 1 heterocycles. The summed E-state index contributed by atoms with van der Waals surface area (Å²) in [6, 6.07) is 0. The lowest BCUT2D eigenvalue weighted by molar-refractivity contribution is 0.206. The lowest BCUT2D eigenvalue weighted by atomic mass is 10.4. The number of carbonyl (C=O) groups excluding carboxylic acids is 1.